The van der Waals surface area contributed by atoms with Gasteiger partial charge in [-0.3, -0.25) is 4.79 Å². The van der Waals surface area contributed by atoms with Gasteiger partial charge in [0, 0.05) is 16.1 Å². The van der Waals surface area contributed by atoms with Crippen LogP contribution in [-0.2, 0) is 24.9 Å². The smallest absolute Gasteiger partial charge is 0.249 e. The molecule has 1 aliphatic rings. The Morgan fingerprint density at radius 2 is 1.76 bits per heavy atom. The van der Waals surface area contributed by atoms with E-state index in [1.165, 1.54) is 0 Å². The Labute approximate surface area is 206 Å². The number of nitrogens with zero attached hydrogens (tertiary/aromatic N) is 1. The fourth-order valence-electron chi connectivity index (χ4n) is 4.40. The first kappa shape index (κ1) is 26.0. The van der Waals surface area contributed by atoms with Gasteiger partial charge in [-0.15, -0.1) is 0 Å². The molecule has 0 radical (unpaired) electrons. The van der Waals surface area contributed by atoms with Gasteiger partial charge in [-0.2, -0.15) is 0 Å². The van der Waals surface area contributed by atoms with Gasteiger partial charge in [0.25, 0.3) is 0 Å². The maximum Gasteiger partial charge on any atom is 0.249 e. The summed E-state index contributed by atoms with van der Waals surface area (Å²) in [6, 6.07) is 14.1. The standard InChI is InChI=1S/C25H31Cl2NO4S/c1-6-21(16-33(30,31)24(2,3)4)28-22(29)15-32-23(17-8-7-9-20(27)14-17)25(28,5)18-10-12-19(26)13-11-18/h7-14,21,23H,6,15-16H2,1-5H3/t21-,23?,25?/m0/s1. The fourth-order valence-corrected chi connectivity index (χ4v) is 6.12. The third-order valence-corrected chi connectivity index (χ3v) is 9.59. The zero-order valence-electron chi connectivity index (χ0n) is 19.6. The van der Waals surface area contributed by atoms with Gasteiger partial charge in [0.15, 0.2) is 9.84 Å². The second-order valence-electron chi connectivity index (χ2n) is 9.62. The zero-order valence-corrected chi connectivity index (χ0v) is 22.0. The van der Waals surface area contributed by atoms with Crippen molar-refractivity contribution in [1.82, 2.24) is 4.90 Å². The minimum atomic E-state index is -3.49. The van der Waals surface area contributed by atoms with Gasteiger partial charge in [0.05, 0.1) is 16.0 Å². The summed E-state index contributed by atoms with van der Waals surface area (Å²) in [6.07, 6.45) is -0.0755. The molecule has 180 valence electrons. The predicted octanol–water partition coefficient (Wildman–Crippen LogP) is 5.80. The molecular weight excluding hydrogens is 481 g/mol. The van der Waals surface area contributed by atoms with Crippen molar-refractivity contribution in [2.75, 3.05) is 12.4 Å². The van der Waals surface area contributed by atoms with Crippen molar-refractivity contribution in [2.45, 2.75) is 63.5 Å². The molecule has 0 aromatic heterocycles. The molecule has 5 nitrogen and oxygen atoms in total. The summed E-state index contributed by atoms with van der Waals surface area (Å²) in [5.74, 6) is -0.383. The van der Waals surface area contributed by atoms with Crippen LogP contribution in [0.25, 0.3) is 0 Å². The molecule has 1 saturated heterocycles. The van der Waals surface area contributed by atoms with E-state index in [1.807, 2.05) is 44.2 Å². The number of morpholine rings is 1. The van der Waals surface area contributed by atoms with Gasteiger partial charge in [-0.1, -0.05) is 54.4 Å². The van der Waals surface area contributed by atoms with E-state index in [1.54, 1.807) is 43.9 Å². The van der Waals surface area contributed by atoms with Crippen molar-refractivity contribution in [2.24, 2.45) is 0 Å². The van der Waals surface area contributed by atoms with E-state index in [2.05, 4.69) is 0 Å². The summed E-state index contributed by atoms with van der Waals surface area (Å²) in [5.41, 5.74) is 0.626. The van der Waals surface area contributed by atoms with E-state index in [9.17, 15) is 13.2 Å². The van der Waals surface area contributed by atoms with E-state index in [-0.39, 0.29) is 18.3 Å². The Hall–Kier alpha value is -1.60. The zero-order chi connectivity index (χ0) is 24.6. The highest BCUT2D eigenvalue weighted by atomic mass is 35.5. The molecular formula is C25H31Cl2NO4S. The summed E-state index contributed by atoms with van der Waals surface area (Å²) in [4.78, 5) is 15.1. The Morgan fingerprint density at radius 3 is 2.30 bits per heavy atom. The monoisotopic (exact) mass is 511 g/mol. The van der Waals surface area contributed by atoms with Crippen LogP contribution in [0, 0.1) is 0 Å². The van der Waals surface area contributed by atoms with E-state index < -0.39 is 32.3 Å². The maximum atomic E-state index is 13.4. The average molecular weight is 512 g/mol. The molecule has 0 bridgehead atoms. The number of carbonyl (C=O) groups is 1. The van der Waals surface area contributed by atoms with Gasteiger partial charge < -0.3 is 9.64 Å². The summed E-state index contributed by atoms with van der Waals surface area (Å²) in [5, 5.41) is 1.12. The minimum Gasteiger partial charge on any atom is -0.361 e. The van der Waals surface area contributed by atoms with E-state index >= 15 is 0 Å². The first-order chi connectivity index (χ1) is 15.3. The first-order valence-corrected chi connectivity index (χ1v) is 13.4. The van der Waals surface area contributed by atoms with E-state index in [0.717, 1.165) is 11.1 Å². The van der Waals surface area contributed by atoms with Crippen LogP contribution in [0.4, 0.5) is 0 Å². The normalized spacial score (nSPS) is 22.9. The van der Waals surface area contributed by atoms with Crippen molar-refractivity contribution in [3.05, 3.63) is 69.7 Å². The molecule has 2 aromatic carbocycles. The summed E-state index contributed by atoms with van der Waals surface area (Å²) < 4.78 is 31.5. The minimum absolute atomic E-state index is 0.135. The molecule has 1 heterocycles. The average Bonchev–Trinajstić information content (AvgIpc) is 2.72. The van der Waals surface area contributed by atoms with Crippen molar-refractivity contribution in [3.8, 4) is 0 Å². The lowest BCUT2D eigenvalue weighted by Crippen LogP contribution is -2.62. The molecule has 0 aliphatic carbocycles. The highest BCUT2D eigenvalue weighted by Gasteiger charge is 2.52. The molecule has 8 heteroatoms. The summed E-state index contributed by atoms with van der Waals surface area (Å²) in [7, 11) is -3.49. The second-order valence-corrected chi connectivity index (χ2v) is 13.3. The van der Waals surface area contributed by atoms with Crippen LogP contribution in [0.5, 0.6) is 0 Å². The number of amides is 1. The number of hydrogen-bond donors (Lipinski definition) is 0. The van der Waals surface area contributed by atoms with Crippen LogP contribution < -0.4 is 0 Å². The van der Waals surface area contributed by atoms with Gasteiger partial charge >= 0.3 is 0 Å². The molecule has 0 saturated carbocycles. The lowest BCUT2D eigenvalue weighted by atomic mass is 9.79. The number of sulfone groups is 1. The highest BCUT2D eigenvalue weighted by Crippen LogP contribution is 2.47. The van der Waals surface area contributed by atoms with Crippen LogP contribution in [0.15, 0.2) is 48.5 Å². The Kier molecular flexibility index (Phi) is 7.54. The largest absolute Gasteiger partial charge is 0.361 e. The molecule has 0 N–H and O–H groups in total. The third kappa shape index (κ3) is 5.09. The van der Waals surface area contributed by atoms with Gasteiger partial charge in [0.1, 0.15) is 12.7 Å². The number of carbonyl (C=O) groups excluding carboxylic acids is 1. The quantitative estimate of drug-likeness (QED) is 0.491. The lowest BCUT2D eigenvalue weighted by molar-refractivity contribution is -0.179. The second kappa shape index (κ2) is 9.57. The summed E-state index contributed by atoms with van der Waals surface area (Å²) in [6.45, 7) is 8.73. The molecule has 1 aliphatic heterocycles. The number of benzene rings is 2. The number of ether oxygens (including phenoxy) is 1. The van der Waals surface area contributed by atoms with Gasteiger partial charge in [-0.05, 0) is 69.5 Å². The lowest BCUT2D eigenvalue weighted by Gasteiger charge is -2.53. The molecule has 0 spiro atoms. The van der Waals surface area contributed by atoms with E-state index in [0.29, 0.717) is 16.5 Å². The molecule has 3 atom stereocenters. The topological polar surface area (TPSA) is 63.7 Å². The molecule has 1 amide bonds. The number of rotatable bonds is 6. The third-order valence-electron chi connectivity index (χ3n) is 6.41. The maximum absolute atomic E-state index is 13.4. The van der Waals surface area contributed by atoms with Crippen LogP contribution in [0.2, 0.25) is 10.0 Å². The first-order valence-electron chi connectivity index (χ1n) is 11.0. The Balaban J connectivity index is 2.20. The van der Waals surface area contributed by atoms with Crippen molar-refractivity contribution in [1.29, 1.82) is 0 Å². The van der Waals surface area contributed by atoms with Crippen molar-refractivity contribution < 1.29 is 17.9 Å². The van der Waals surface area contributed by atoms with Crippen LogP contribution in [0.3, 0.4) is 0 Å². The van der Waals surface area contributed by atoms with Crippen LogP contribution >= 0.6 is 23.2 Å². The molecule has 1 fully saturated rings. The van der Waals surface area contributed by atoms with Crippen LogP contribution in [-0.4, -0.2) is 42.4 Å². The Bertz CT molecular complexity index is 1110. The highest BCUT2D eigenvalue weighted by molar-refractivity contribution is 7.92. The van der Waals surface area contributed by atoms with Gasteiger partial charge in [0.2, 0.25) is 5.91 Å². The molecule has 2 unspecified atom stereocenters. The van der Waals surface area contributed by atoms with Crippen molar-refractivity contribution >= 4 is 38.9 Å². The van der Waals surface area contributed by atoms with Gasteiger partial charge in [-0.25, -0.2) is 8.42 Å². The predicted molar refractivity (Wildman–Crippen MR) is 133 cm³/mol. The summed E-state index contributed by atoms with van der Waals surface area (Å²) >= 11 is 12.4. The molecule has 3 rings (SSSR count). The van der Waals surface area contributed by atoms with Crippen LogP contribution in [0.1, 0.15) is 58.3 Å². The number of hydrogen-bond acceptors (Lipinski definition) is 4. The van der Waals surface area contributed by atoms with Crippen molar-refractivity contribution in [3.63, 3.8) is 0 Å². The SMILES string of the molecule is CC[C@@H](CS(=O)(=O)C(C)(C)C)N1C(=O)COC(c2cccc(Cl)c2)C1(C)c1ccc(Cl)cc1. The fraction of sp³-hybridized carbons (Fsp3) is 0.480. The van der Waals surface area contributed by atoms with E-state index in [4.69, 9.17) is 27.9 Å². The Morgan fingerprint density at radius 1 is 1.12 bits per heavy atom. The molecule has 33 heavy (non-hydrogen) atoms. The molecule has 2 aromatic rings. The number of halogens is 2.